The third-order valence-electron chi connectivity index (χ3n) is 5.96. The second-order valence-electron chi connectivity index (χ2n) is 7.61. The van der Waals surface area contributed by atoms with E-state index >= 15 is 0 Å². The summed E-state index contributed by atoms with van der Waals surface area (Å²) in [5, 5.41) is 2.67. The quantitative estimate of drug-likeness (QED) is 0.726. The van der Waals surface area contributed by atoms with Crippen molar-refractivity contribution >= 4 is 16.3 Å². The van der Waals surface area contributed by atoms with Crippen molar-refractivity contribution < 1.29 is 13.6 Å². The number of hydrogen-bond acceptors (Lipinski definition) is 3. The highest BCUT2D eigenvalue weighted by Gasteiger charge is 2.44. The van der Waals surface area contributed by atoms with Gasteiger partial charge in [-0.15, -0.1) is 4.31 Å². The number of hydrogen-bond donors (Lipinski definition) is 1. The van der Waals surface area contributed by atoms with Gasteiger partial charge in [-0.05, 0) is 59.3 Å². The number of carbonyl (C=O) groups is 1. The minimum absolute atomic E-state index is 0.0166. The molecule has 0 bridgehead atoms. The molecule has 0 aromatic carbocycles. The first-order valence-electron chi connectivity index (χ1n) is 9.79. The van der Waals surface area contributed by atoms with Gasteiger partial charge >= 0.3 is 0 Å². The van der Waals surface area contributed by atoms with Crippen molar-refractivity contribution in [2.24, 2.45) is 11.8 Å². The molecule has 0 aromatic rings. The zero-order valence-corrected chi connectivity index (χ0v) is 17.0. The summed E-state index contributed by atoms with van der Waals surface area (Å²) in [7, 11) is -3.34. The van der Waals surface area contributed by atoms with E-state index in [1.165, 1.54) is 12.0 Å². The van der Waals surface area contributed by atoms with Crippen molar-refractivity contribution in [1.29, 1.82) is 0 Å². The van der Waals surface area contributed by atoms with Gasteiger partial charge in [-0.25, -0.2) is 0 Å². The molecule has 144 valence electrons. The topological polar surface area (TPSA) is 72.5 Å². The zero-order chi connectivity index (χ0) is 18.6. The van der Waals surface area contributed by atoms with Crippen LogP contribution in [0.2, 0.25) is 0 Å². The van der Waals surface area contributed by atoms with Gasteiger partial charge in [-0.1, -0.05) is 16.7 Å². The molecular weight excluding hydrogens is 336 g/mol. The van der Waals surface area contributed by atoms with Crippen LogP contribution in [0.4, 0.5) is 0 Å². The van der Waals surface area contributed by atoms with Gasteiger partial charge in [0.2, 0.25) is 5.91 Å². The van der Waals surface area contributed by atoms with Crippen LogP contribution >= 0.6 is 0 Å². The van der Waals surface area contributed by atoms with E-state index in [2.05, 4.69) is 12.2 Å². The van der Waals surface area contributed by atoms with Crippen molar-refractivity contribution in [3.63, 3.8) is 0 Å². The Bertz CT molecular complexity index is 557. The highest BCUT2D eigenvalue weighted by molar-refractivity contribution is 7.96. The third-order valence-corrected chi connectivity index (χ3v) is 8.62. The Hall–Kier alpha value is -0.720. The van der Waals surface area contributed by atoms with Crippen LogP contribution < -0.4 is 5.32 Å². The number of carbonyl (C=O) groups excluding carboxylic acids is 1. The smallest absolute Gasteiger partial charge is 0.227 e. The lowest BCUT2D eigenvalue weighted by atomic mass is 9.82. The van der Waals surface area contributed by atoms with Gasteiger partial charge in [0.1, 0.15) is 15.6 Å². The molecule has 4 unspecified atom stereocenters. The molecule has 25 heavy (non-hydrogen) atoms. The Balaban J connectivity index is 2.08. The number of rotatable bonds is 6. The molecule has 1 amide bonds. The van der Waals surface area contributed by atoms with E-state index in [1.807, 2.05) is 20.8 Å². The highest BCUT2D eigenvalue weighted by Crippen LogP contribution is 2.37. The summed E-state index contributed by atoms with van der Waals surface area (Å²) < 4.78 is 27.5. The monoisotopic (exact) mass is 370 g/mol. The van der Waals surface area contributed by atoms with Crippen molar-refractivity contribution in [1.82, 2.24) is 9.62 Å². The lowest BCUT2D eigenvalue weighted by Gasteiger charge is -2.39. The fraction of sp³-hybridized carbons (Fsp3) is 0.842. The first-order chi connectivity index (χ1) is 11.8. The molecule has 0 heterocycles. The van der Waals surface area contributed by atoms with Gasteiger partial charge in [-0.2, -0.15) is 0 Å². The summed E-state index contributed by atoms with van der Waals surface area (Å²) in [5.74, 6) is -0.0815. The van der Waals surface area contributed by atoms with Gasteiger partial charge in [0, 0.05) is 37.0 Å². The van der Waals surface area contributed by atoms with Crippen LogP contribution in [-0.4, -0.2) is 33.1 Å². The average Bonchev–Trinajstić information content (AvgIpc) is 2.58. The normalized spacial score (nSPS) is 30.2. The molecule has 0 spiro atoms. The first kappa shape index (κ1) is 20.6. The molecule has 2 aliphatic rings. The van der Waals surface area contributed by atoms with Gasteiger partial charge < -0.3 is 9.87 Å². The van der Waals surface area contributed by atoms with E-state index < -0.39 is 15.6 Å². The molecule has 2 rings (SSSR count). The van der Waals surface area contributed by atoms with Crippen LogP contribution in [0, 0.1) is 11.8 Å². The lowest BCUT2D eigenvalue weighted by molar-refractivity contribution is -0.125. The predicted molar refractivity (Wildman–Crippen MR) is 101 cm³/mol. The van der Waals surface area contributed by atoms with E-state index in [-0.39, 0.29) is 17.7 Å². The Labute approximate surface area is 154 Å². The number of nitrogens with zero attached hydrogens (tertiary/aromatic N) is 1. The van der Waals surface area contributed by atoms with Crippen molar-refractivity contribution in [2.45, 2.75) is 77.9 Å². The zero-order valence-electron chi connectivity index (χ0n) is 16.2. The second kappa shape index (κ2) is 8.78. The van der Waals surface area contributed by atoms with Crippen molar-refractivity contribution in [2.75, 3.05) is 13.1 Å². The number of nitrogens with one attached hydrogen (secondary N) is 1. The summed E-state index contributed by atoms with van der Waals surface area (Å²) in [6, 6.07) is 0. The molecule has 0 aromatic heterocycles. The van der Waals surface area contributed by atoms with Crippen LogP contribution in [0.5, 0.6) is 0 Å². The summed E-state index contributed by atoms with van der Waals surface area (Å²) in [4.78, 5) is 12.7. The largest absolute Gasteiger partial charge is 0.597 e. The Kier molecular flexibility index (Phi) is 7.23. The minimum atomic E-state index is -3.34. The molecule has 2 aliphatic carbocycles. The van der Waals surface area contributed by atoms with Gasteiger partial charge in [0.15, 0.2) is 0 Å². The van der Waals surface area contributed by atoms with Crippen molar-refractivity contribution in [3.05, 3.63) is 11.3 Å². The minimum Gasteiger partial charge on any atom is -0.597 e. The summed E-state index contributed by atoms with van der Waals surface area (Å²) in [6.07, 6.45) is 6.31. The van der Waals surface area contributed by atoms with E-state index in [0.29, 0.717) is 19.5 Å². The predicted octanol–water partition coefficient (Wildman–Crippen LogP) is 3.64. The summed E-state index contributed by atoms with van der Waals surface area (Å²) in [5.41, 5.74) is 2.34. The van der Waals surface area contributed by atoms with Crippen molar-refractivity contribution in [3.8, 4) is 0 Å². The molecule has 1 N–H and O–H groups in total. The van der Waals surface area contributed by atoms with Gasteiger partial charge in [-0.3, -0.25) is 4.79 Å². The van der Waals surface area contributed by atoms with Crippen LogP contribution in [-0.2, 0) is 19.4 Å². The maximum atomic E-state index is 13.0. The van der Waals surface area contributed by atoms with E-state index in [1.54, 1.807) is 4.31 Å². The maximum Gasteiger partial charge on any atom is 0.227 e. The van der Waals surface area contributed by atoms with E-state index in [0.717, 1.165) is 37.8 Å². The molecular formula is C19H34N2O3S. The van der Waals surface area contributed by atoms with E-state index in [9.17, 15) is 13.6 Å². The third kappa shape index (κ3) is 4.72. The standard InChI is InChI=1S/C19H34N2O3S/c1-5-21(6-2)25(23,24)18-13-16(12-11-15(18)4)19(22)20-17-10-8-7-9-14(17)3/h15-16,18H,5-13H2,1-4H3,(H-,20,22,23,24). The molecule has 5 nitrogen and oxygen atoms in total. The fourth-order valence-corrected chi connectivity index (χ4v) is 6.49. The molecule has 0 radical (unpaired) electrons. The maximum absolute atomic E-state index is 13.0. The molecule has 1 saturated carbocycles. The summed E-state index contributed by atoms with van der Waals surface area (Å²) >= 11 is 0. The average molecular weight is 371 g/mol. The summed E-state index contributed by atoms with van der Waals surface area (Å²) in [6.45, 7) is 8.82. The van der Waals surface area contributed by atoms with Crippen LogP contribution in [0.1, 0.15) is 72.6 Å². The van der Waals surface area contributed by atoms with Crippen LogP contribution in [0.25, 0.3) is 0 Å². The second-order valence-corrected chi connectivity index (χ2v) is 9.76. The van der Waals surface area contributed by atoms with Crippen LogP contribution in [0.3, 0.4) is 0 Å². The highest BCUT2D eigenvalue weighted by atomic mass is 32.3. The molecule has 6 heteroatoms. The Morgan fingerprint density at radius 1 is 1.24 bits per heavy atom. The van der Waals surface area contributed by atoms with E-state index in [4.69, 9.17) is 0 Å². The first-order valence-corrected chi connectivity index (χ1v) is 11.3. The number of amides is 1. The fourth-order valence-electron chi connectivity index (χ4n) is 4.19. The Morgan fingerprint density at radius 3 is 2.48 bits per heavy atom. The Morgan fingerprint density at radius 2 is 1.88 bits per heavy atom. The molecule has 0 saturated heterocycles. The SMILES string of the molecule is CCN(CC)[S+](=O)([O-])C1CC(C(=O)NC2=C(C)CCCC2)CCC1C. The number of sulfonamides is 1. The van der Waals surface area contributed by atoms with Crippen LogP contribution in [0.15, 0.2) is 11.3 Å². The molecule has 0 aliphatic heterocycles. The lowest BCUT2D eigenvalue weighted by Crippen LogP contribution is -2.50. The van der Waals surface area contributed by atoms with Gasteiger partial charge in [0.05, 0.1) is 0 Å². The molecule has 1 fully saturated rings. The molecule has 4 atom stereocenters. The number of allylic oxidation sites excluding steroid dienone is 2. The van der Waals surface area contributed by atoms with Gasteiger partial charge in [0.25, 0.3) is 0 Å².